The number of carbonyl (C=O) groups is 1. The lowest BCUT2D eigenvalue weighted by Gasteiger charge is -2.10. The Balaban J connectivity index is 2.03. The van der Waals surface area contributed by atoms with Crippen LogP contribution in [-0.2, 0) is 11.3 Å². The molecule has 6 heteroatoms. The molecule has 0 aliphatic carbocycles. The number of nitrogens with one attached hydrogen (secondary N) is 1. The first-order valence-corrected chi connectivity index (χ1v) is 7.13. The number of hydrogen-bond acceptors (Lipinski definition) is 2. The predicted octanol–water partition coefficient (Wildman–Crippen LogP) is 2.99. The standard InChI is InChI=1S/C15H15Cl2N3O/c1-19(2)11-6-8-20(9-7-11)10-14(21)18-13-5-3-4-12(16)15(13)17/h3-9H,10H2,1-2H3/p+1. The van der Waals surface area contributed by atoms with Gasteiger partial charge in [-0.1, -0.05) is 29.3 Å². The summed E-state index contributed by atoms with van der Waals surface area (Å²) >= 11 is 11.9. The van der Waals surface area contributed by atoms with Gasteiger partial charge in [0.1, 0.15) is 0 Å². The highest BCUT2D eigenvalue weighted by molar-refractivity contribution is 6.43. The fourth-order valence-corrected chi connectivity index (χ4v) is 2.16. The Morgan fingerprint density at radius 3 is 2.48 bits per heavy atom. The van der Waals surface area contributed by atoms with E-state index < -0.39 is 0 Å². The molecule has 0 saturated carbocycles. The largest absolute Gasteiger partial charge is 0.377 e. The second-order valence-electron chi connectivity index (χ2n) is 4.77. The van der Waals surface area contributed by atoms with E-state index in [1.807, 2.05) is 43.5 Å². The molecule has 0 unspecified atom stereocenters. The number of nitrogens with zero attached hydrogens (tertiary/aromatic N) is 2. The van der Waals surface area contributed by atoms with Crippen molar-refractivity contribution in [3.05, 3.63) is 52.8 Å². The number of amides is 1. The molecule has 0 fully saturated rings. The van der Waals surface area contributed by atoms with Crippen LogP contribution in [0.1, 0.15) is 0 Å². The number of anilines is 2. The minimum Gasteiger partial charge on any atom is -0.377 e. The maximum atomic E-state index is 12.0. The van der Waals surface area contributed by atoms with Crippen molar-refractivity contribution >= 4 is 40.5 Å². The summed E-state index contributed by atoms with van der Waals surface area (Å²) < 4.78 is 1.79. The average Bonchev–Trinajstić information content (AvgIpc) is 2.44. The molecule has 2 aromatic rings. The molecule has 0 saturated heterocycles. The molecule has 0 bridgehead atoms. The summed E-state index contributed by atoms with van der Waals surface area (Å²) in [5.41, 5.74) is 1.59. The van der Waals surface area contributed by atoms with Crippen molar-refractivity contribution in [1.29, 1.82) is 0 Å². The van der Waals surface area contributed by atoms with Gasteiger partial charge in [-0.15, -0.1) is 0 Å². The lowest BCUT2D eigenvalue weighted by atomic mass is 10.3. The van der Waals surface area contributed by atoms with Crippen LogP contribution in [0.2, 0.25) is 10.0 Å². The molecular formula is C15H16Cl2N3O+. The molecule has 2 rings (SSSR count). The van der Waals surface area contributed by atoms with E-state index in [2.05, 4.69) is 5.32 Å². The van der Waals surface area contributed by atoms with Gasteiger partial charge in [-0.25, -0.2) is 0 Å². The van der Waals surface area contributed by atoms with Crippen LogP contribution < -0.4 is 14.8 Å². The van der Waals surface area contributed by atoms with Crippen molar-refractivity contribution in [2.24, 2.45) is 0 Å². The number of carbonyl (C=O) groups excluding carboxylic acids is 1. The maximum Gasteiger partial charge on any atom is 0.290 e. The van der Waals surface area contributed by atoms with Crippen LogP contribution in [0.4, 0.5) is 11.4 Å². The summed E-state index contributed by atoms with van der Waals surface area (Å²) in [6.45, 7) is 0.205. The van der Waals surface area contributed by atoms with Gasteiger partial charge in [0.25, 0.3) is 5.91 Å². The molecule has 0 radical (unpaired) electrons. The normalized spacial score (nSPS) is 10.3. The summed E-state index contributed by atoms with van der Waals surface area (Å²) in [6.07, 6.45) is 3.71. The van der Waals surface area contributed by atoms with Crippen LogP contribution in [0, 0.1) is 0 Å². The number of hydrogen-bond donors (Lipinski definition) is 1. The highest BCUT2D eigenvalue weighted by Gasteiger charge is 2.12. The second kappa shape index (κ2) is 6.78. The van der Waals surface area contributed by atoms with Gasteiger partial charge in [0.15, 0.2) is 12.4 Å². The van der Waals surface area contributed by atoms with Gasteiger partial charge < -0.3 is 10.2 Å². The molecule has 1 aromatic heterocycles. The van der Waals surface area contributed by atoms with E-state index in [9.17, 15) is 4.79 Å². The molecule has 1 amide bonds. The zero-order valence-electron chi connectivity index (χ0n) is 11.8. The molecule has 0 aliphatic heterocycles. The monoisotopic (exact) mass is 324 g/mol. The van der Waals surface area contributed by atoms with E-state index in [4.69, 9.17) is 23.2 Å². The van der Waals surface area contributed by atoms with Gasteiger partial charge in [-0.05, 0) is 12.1 Å². The molecule has 21 heavy (non-hydrogen) atoms. The minimum absolute atomic E-state index is 0.165. The molecular weight excluding hydrogens is 309 g/mol. The van der Waals surface area contributed by atoms with E-state index in [0.29, 0.717) is 15.7 Å². The van der Waals surface area contributed by atoms with E-state index in [1.165, 1.54) is 0 Å². The van der Waals surface area contributed by atoms with Crippen molar-refractivity contribution in [2.75, 3.05) is 24.3 Å². The molecule has 110 valence electrons. The Hall–Kier alpha value is -1.78. The Labute approximate surface area is 133 Å². The topological polar surface area (TPSA) is 36.2 Å². The third-order valence-corrected chi connectivity index (χ3v) is 3.76. The van der Waals surface area contributed by atoms with Crippen LogP contribution in [0.3, 0.4) is 0 Å². The molecule has 1 N–H and O–H groups in total. The maximum absolute atomic E-state index is 12.0. The van der Waals surface area contributed by atoms with Crippen LogP contribution >= 0.6 is 23.2 Å². The molecule has 1 aromatic carbocycles. The summed E-state index contributed by atoms with van der Waals surface area (Å²) in [5, 5.41) is 3.51. The quantitative estimate of drug-likeness (QED) is 0.878. The van der Waals surface area contributed by atoms with Gasteiger partial charge in [0, 0.05) is 31.9 Å². The first kappa shape index (κ1) is 15.6. The molecule has 0 spiro atoms. The molecule has 4 nitrogen and oxygen atoms in total. The molecule has 1 heterocycles. The highest BCUT2D eigenvalue weighted by atomic mass is 35.5. The first-order valence-electron chi connectivity index (χ1n) is 6.37. The van der Waals surface area contributed by atoms with Crippen LogP contribution in [0.5, 0.6) is 0 Å². The van der Waals surface area contributed by atoms with Crippen molar-refractivity contribution < 1.29 is 9.36 Å². The van der Waals surface area contributed by atoms with E-state index in [0.717, 1.165) is 5.69 Å². The molecule has 0 atom stereocenters. The first-order chi connectivity index (χ1) is 9.97. The third-order valence-electron chi connectivity index (χ3n) is 2.94. The number of aromatic nitrogens is 1. The van der Waals surface area contributed by atoms with Crippen molar-refractivity contribution in [3.8, 4) is 0 Å². The lowest BCUT2D eigenvalue weighted by Crippen LogP contribution is -2.39. The zero-order chi connectivity index (χ0) is 15.4. The number of pyridine rings is 1. The SMILES string of the molecule is CN(C)c1cc[n+](CC(=O)Nc2cccc(Cl)c2Cl)cc1. The Bertz CT molecular complexity index is 642. The number of benzene rings is 1. The van der Waals surface area contributed by atoms with Gasteiger partial charge in [0.2, 0.25) is 6.54 Å². The van der Waals surface area contributed by atoms with E-state index >= 15 is 0 Å². The fourth-order valence-electron chi connectivity index (χ4n) is 1.81. The smallest absolute Gasteiger partial charge is 0.290 e. The Morgan fingerprint density at radius 1 is 1.19 bits per heavy atom. The van der Waals surface area contributed by atoms with Crippen LogP contribution in [-0.4, -0.2) is 20.0 Å². The predicted molar refractivity (Wildman–Crippen MR) is 86.1 cm³/mol. The summed E-state index contributed by atoms with van der Waals surface area (Å²) in [6, 6.07) is 9.02. The zero-order valence-corrected chi connectivity index (χ0v) is 13.3. The summed E-state index contributed by atoms with van der Waals surface area (Å²) in [4.78, 5) is 14.0. The molecule has 0 aliphatic rings. The average molecular weight is 325 g/mol. The van der Waals surface area contributed by atoms with Gasteiger partial charge in [0.05, 0.1) is 15.7 Å². The van der Waals surface area contributed by atoms with Crippen molar-refractivity contribution in [3.63, 3.8) is 0 Å². The summed E-state index contributed by atoms with van der Waals surface area (Å²) in [7, 11) is 3.93. The second-order valence-corrected chi connectivity index (χ2v) is 5.56. The van der Waals surface area contributed by atoms with Gasteiger partial charge >= 0.3 is 0 Å². The highest BCUT2D eigenvalue weighted by Crippen LogP contribution is 2.29. The summed E-state index contributed by atoms with van der Waals surface area (Å²) in [5.74, 6) is -0.165. The van der Waals surface area contributed by atoms with E-state index in [1.54, 1.807) is 22.8 Å². The third kappa shape index (κ3) is 4.09. The van der Waals surface area contributed by atoms with Gasteiger partial charge in [-0.3, -0.25) is 4.79 Å². The van der Waals surface area contributed by atoms with Crippen LogP contribution in [0.25, 0.3) is 0 Å². The minimum atomic E-state index is -0.165. The van der Waals surface area contributed by atoms with Crippen LogP contribution in [0.15, 0.2) is 42.7 Å². The van der Waals surface area contributed by atoms with Crippen molar-refractivity contribution in [2.45, 2.75) is 6.54 Å². The Kier molecular flexibility index (Phi) is 5.04. The van der Waals surface area contributed by atoms with Crippen molar-refractivity contribution in [1.82, 2.24) is 0 Å². The Morgan fingerprint density at radius 2 is 1.86 bits per heavy atom. The van der Waals surface area contributed by atoms with E-state index in [-0.39, 0.29) is 12.5 Å². The number of halogens is 2. The van der Waals surface area contributed by atoms with Gasteiger partial charge in [-0.2, -0.15) is 4.57 Å². The lowest BCUT2D eigenvalue weighted by molar-refractivity contribution is -0.684. The number of rotatable bonds is 4. The fraction of sp³-hybridized carbons (Fsp3) is 0.200.